The van der Waals surface area contributed by atoms with Crippen LogP contribution in [-0.2, 0) is 18.4 Å². The number of rotatable bonds is 0. The van der Waals surface area contributed by atoms with Gasteiger partial charge >= 0.3 is 0 Å². The fourth-order valence-corrected chi connectivity index (χ4v) is 3.63. The van der Waals surface area contributed by atoms with E-state index in [1.165, 1.54) is 34.0 Å². The predicted octanol–water partition coefficient (Wildman–Crippen LogP) is 2.89. The van der Waals surface area contributed by atoms with E-state index in [-0.39, 0.29) is 24.0 Å². The Kier molecular flexibility index (Phi) is 6.81. The second-order valence-electron chi connectivity index (χ2n) is 7.68. The fourth-order valence-electron chi connectivity index (χ4n) is 3.63. The minimum atomic E-state index is -0.833. The topological polar surface area (TPSA) is 147 Å². The Balaban J connectivity index is 0.000000751. The van der Waals surface area contributed by atoms with Gasteiger partial charge in [-0.15, -0.1) is 0 Å². The lowest BCUT2D eigenvalue weighted by Crippen LogP contribution is -2.28. The smallest absolute Gasteiger partial charge is 0.300 e. The van der Waals surface area contributed by atoms with E-state index in [2.05, 4.69) is 16.2 Å². The second-order valence-corrected chi connectivity index (χ2v) is 7.68. The third-order valence-corrected chi connectivity index (χ3v) is 5.12. The zero-order chi connectivity index (χ0) is 25.2. The molecule has 0 aliphatic carbocycles. The summed E-state index contributed by atoms with van der Waals surface area (Å²) >= 11 is 0. The van der Waals surface area contributed by atoms with Crippen molar-refractivity contribution in [1.29, 1.82) is 5.26 Å². The molecule has 2 aromatic heterocycles. The molecule has 4 rings (SSSR count). The molecule has 34 heavy (non-hydrogen) atoms. The number of benzene rings is 1. The van der Waals surface area contributed by atoms with Crippen LogP contribution < -0.4 is 10.5 Å². The van der Waals surface area contributed by atoms with Crippen LogP contribution in [0.4, 0.5) is 10.2 Å². The molecule has 3 heterocycles. The number of halogens is 1. The first-order chi connectivity index (χ1) is 16.0. The molecule has 0 unspecified atom stereocenters. The highest BCUT2D eigenvalue weighted by Gasteiger charge is 2.26. The van der Waals surface area contributed by atoms with E-state index in [1.807, 2.05) is 0 Å². The van der Waals surface area contributed by atoms with E-state index in [0.717, 1.165) is 6.92 Å². The third-order valence-electron chi connectivity index (χ3n) is 5.12. The maximum Gasteiger partial charge on any atom is 0.300 e. The molecule has 0 spiro atoms. The molecule has 176 valence electrons. The number of nitriles is 1. The van der Waals surface area contributed by atoms with Crippen molar-refractivity contribution in [3.05, 3.63) is 58.8 Å². The summed E-state index contributed by atoms with van der Waals surface area (Å²) < 4.78 is 21.4. The van der Waals surface area contributed by atoms with Gasteiger partial charge in [-0.25, -0.2) is 9.37 Å². The van der Waals surface area contributed by atoms with E-state index in [4.69, 9.17) is 20.4 Å². The highest BCUT2D eigenvalue weighted by Crippen LogP contribution is 2.35. The number of anilines is 1. The summed E-state index contributed by atoms with van der Waals surface area (Å²) in [6.45, 7) is 2.94. The van der Waals surface area contributed by atoms with Gasteiger partial charge in [0.2, 0.25) is 0 Å². The molecule has 0 radical (unpaired) electrons. The Hall–Kier alpha value is -4.46. The number of amides is 1. The number of carbonyl (C=O) groups excluding carboxylic acids is 1. The van der Waals surface area contributed by atoms with E-state index < -0.39 is 17.9 Å². The number of nitrogens with two attached hydrogens (primary N) is 1. The predicted molar refractivity (Wildman–Crippen MR) is 120 cm³/mol. The average molecular weight is 466 g/mol. The Bertz CT molecular complexity index is 1310. The molecule has 3 N–H and O–H groups in total. The van der Waals surface area contributed by atoms with Crippen LogP contribution in [0.25, 0.3) is 11.1 Å². The number of fused-ring (bicyclic) bond motifs is 5. The quantitative estimate of drug-likeness (QED) is 0.514. The molecule has 3 aromatic rings. The molecule has 1 aliphatic heterocycles. The zero-order valence-corrected chi connectivity index (χ0v) is 19.0. The summed E-state index contributed by atoms with van der Waals surface area (Å²) in [7, 11) is 3.29. The van der Waals surface area contributed by atoms with Crippen LogP contribution in [0, 0.1) is 17.1 Å². The highest BCUT2D eigenvalue weighted by molar-refractivity contribution is 5.95. The number of carboxylic acid groups (broad SMARTS) is 1. The Morgan fingerprint density at radius 2 is 2.03 bits per heavy atom. The lowest BCUT2D eigenvalue weighted by atomic mass is 10.00. The Morgan fingerprint density at radius 3 is 2.68 bits per heavy atom. The third kappa shape index (κ3) is 4.80. The van der Waals surface area contributed by atoms with Crippen molar-refractivity contribution in [2.24, 2.45) is 7.05 Å². The molecule has 11 heteroatoms. The van der Waals surface area contributed by atoms with Gasteiger partial charge < -0.3 is 20.5 Å². The number of hydrogen-bond donors (Lipinski definition) is 2. The van der Waals surface area contributed by atoms with Crippen LogP contribution >= 0.6 is 0 Å². The molecular weight excluding hydrogens is 443 g/mol. The van der Waals surface area contributed by atoms with Crippen molar-refractivity contribution >= 4 is 17.7 Å². The van der Waals surface area contributed by atoms with Crippen molar-refractivity contribution < 1.29 is 23.8 Å². The van der Waals surface area contributed by atoms with Gasteiger partial charge in [-0.3, -0.25) is 14.3 Å². The summed E-state index contributed by atoms with van der Waals surface area (Å²) in [5, 5.41) is 21.5. The number of carboxylic acids is 1. The van der Waals surface area contributed by atoms with Gasteiger partial charge in [-0.1, -0.05) is 0 Å². The lowest BCUT2D eigenvalue weighted by Gasteiger charge is -2.23. The van der Waals surface area contributed by atoms with Crippen LogP contribution in [0.15, 0.2) is 30.5 Å². The molecular formula is C23H23FN6O4. The van der Waals surface area contributed by atoms with E-state index in [0.29, 0.717) is 33.6 Å². The van der Waals surface area contributed by atoms with Crippen molar-refractivity contribution in [2.75, 3.05) is 12.8 Å². The maximum atomic E-state index is 14.0. The first kappa shape index (κ1) is 24.2. The van der Waals surface area contributed by atoms with E-state index >= 15 is 0 Å². The maximum absolute atomic E-state index is 14.0. The van der Waals surface area contributed by atoms with Gasteiger partial charge in [0, 0.05) is 49.5 Å². The number of ether oxygens (including phenoxy) is 1. The molecule has 10 nitrogen and oxygen atoms in total. The molecule has 0 saturated heterocycles. The van der Waals surface area contributed by atoms with Crippen molar-refractivity contribution in [2.45, 2.75) is 26.5 Å². The normalized spacial score (nSPS) is 14.8. The molecule has 0 fully saturated rings. The van der Waals surface area contributed by atoms with Crippen molar-refractivity contribution in [3.8, 4) is 22.9 Å². The molecule has 1 aliphatic rings. The number of hydrogen-bond acceptors (Lipinski definition) is 7. The molecule has 2 bridgehead atoms. The molecule has 1 aromatic carbocycles. The van der Waals surface area contributed by atoms with E-state index in [1.54, 1.807) is 27.1 Å². The highest BCUT2D eigenvalue weighted by atomic mass is 19.1. The average Bonchev–Trinajstić information content (AvgIpc) is 3.08. The number of carbonyl (C=O) groups is 2. The second kappa shape index (κ2) is 9.58. The van der Waals surface area contributed by atoms with Gasteiger partial charge in [-0.2, -0.15) is 10.4 Å². The SMILES string of the molecule is CC(=O)O.C[C@H]1Oc2cc(cnc2N)-c2c(nn(C)c2C#N)CN(C)C(=O)c2ccc(F)cc21. The first-order valence-electron chi connectivity index (χ1n) is 10.2. The number of aliphatic carboxylic acids is 1. The number of nitrogens with zero attached hydrogens (tertiary/aromatic N) is 5. The van der Waals surface area contributed by atoms with Crippen LogP contribution in [-0.4, -0.2) is 43.7 Å². The van der Waals surface area contributed by atoms with Gasteiger partial charge in [0.15, 0.2) is 11.6 Å². The van der Waals surface area contributed by atoms with Crippen LogP contribution in [0.2, 0.25) is 0 Å². The van der Waals surface area contributed by atoms with Crippen LogP contribution in [0.3, 0.4) is 0 Å². The molecule has 1 atom stereocenters. The van der Waals surface area contributed by atoms with Crippen LogP contribution in [0.5, 0.6) is 5.75 Å². The Labute approximate surface area is 195 Å². The summed E-state index contributed by atoms with van der Waals surface area (Å²) in [6.07, 6.45) is 0.866. The summed E-state index contributed by atoms with van der Waals surface area (Å²) in [4.78, 5) is 27.8. The number of nitrogen functional groups attached to an aromatic ring is 1. The minimum absolute atomic E-state index is 0.146. The number of aryl methyl sites for hydroxylation is 1. The number of aromatic nitrogens is 3. The summed E-state index contributed by atoms with van der Waals surface area (Å²) in [5.41, 5.74) is 8.72. The first-order valence-corrected chi connectivity index (χ1v) is 10.2. The zero-order valence-electron chi connectivity index (χ0n) is 19.0. The summed E-state index contributed by atoms with van der Waals surface area (Å²) in [6, 6.07) is 7.79. The molecule has 0 saturated carbocycles. The molecule has 1 amide bonds. The lowest BCUT2D eigenvalue weighted by molar-refractivity contribution is -0.134. The monoisotopic (exact) mass is 466 g/mol. The summed E-state index contributed by atoms with van der Waals surface area (Å²) in [5.74, 6) is -1.20. The van der Waals surface area contributed by atoms with E-state index in [9.17, 15) is 14.4 Å². The van der Waals surface area contributed by atoms with Gasteiger partial charge in [0.25, 0.3) is 11.9 Å². The number of pyridine rings is 1. The van der Waals surface area contributed by atoms with Gasteiger partial charge in [-0.05, 0) is 31.2 Å². The fraction of sp³-hybridized carbons (Fsp3) is 0.261. The Morgan fingerprint density at radius 1 is 1.35 bits per heavy atom. The van der Waals surface area contributed by atoms with Gasteiger partial charge in [0.1, 0.15) is 23.7 Å². The van der Waals surface area contributed by atoms with Crippen molar-refractivity contribution in [1.82, 2.24) is 19.7 Å². The largest absolute Gasteiger partial charge is 0.482 e. The minimum Gasteiger partial charge on any atom is -0.482 e. The van der Waals surface area contributed by atoms with Crippen molar-refractivity contribution in [3.63, 3.8) is 0 Å². The van der Waals surface area contributed by atoms with Crippen LogP contribution in [0.1, 0.15) is 47.3 Å². The standard InChI is InChI=1S/C21H19FN6O2.C2H4O2/c1-11-15-7-13(22)4-5-14(15)21(29)27(2)10-16-19(17(8-23)28(3)26-16)12-6-18(30-11)20(24)25-9-12;1-2(3)4/h4-7,9,11H,10H2,1-3H3,(H2,24,25);1H3,(H,3,4)/t11-;/m1./s1. The van der Waals surface area contributed by atoms with Gasteiger partial charge in [0.05, 0.1) is 12.2 Å².